The molecule has 3 atom stereocenters. The highest BCUT2D eigenvalue weighted by Gasteiger charge is 2.39. The third-order valence-corrected chi connectivity index (χ3v) is 5.12. The van der Waals surface area contributed by atoms with Crippen LogP contribution >= 0.6 is 0 Å². The summed E-state index contributed by atoms with van der Waals surface area (Å²) in [4.78, 5) is 38.2. The summed E-state index contributed by atoms with van der Waals surface area (Å²) in [5, 5.41) is 12.1. The number of likely N-dealkylation sites (tertiary alicyclic amines) is 1. The molecule has 1 aliphatic rings. The molecule has 0 spiro atoms. The Bertz CT molecular complexity index is 673. The van der Waals surface area contributed by atoms with Crippen LogP contribution in [0.2, 0.25) is 0 Å². The van der Waals surface area contributed by atoms with E-state index >= 15 is 0 Å². The molecule has 1 aromatic rings. The van der Waals surface area contributed by atoms with E-state index in [-0.39, 0.29) is 18.2 Å². The summed E-state index contributed by atoms with van der Waals surface area (Å²) in [6, 6.07) is 5.92. The average molecular weight is 376 g/mol. The van der Waals surface area contributed by atoms with Gasteiger partial charge in [0.1, 0.15) is 11.8 Å². The molecule has 2 N–H and O–H groups in total. The van der Waals surface area contributed by atoms with Crippen molar-refractivity contribution in [3.05, 3.63) is 29.8 Å². The maximum atomic E-state index is 12.9. The number of carbonyl (C=O) groups excluding carboxylic acids is 2. The lowest BCUT2D eigenvalue weighted by molar-refractivity contribution is -0.146. The molecule has 1 heterocycles. The van der Waals surface area contributed by atoms with Crippen LogP contribution in [-0.2, 0) is 14.4 Å². The number of methoxy groups -OCH3 is 1. The fourth-order valence-electron chi connectivity index (χ4n) is 3.51. The third-order valence-electron chi connectivity index (χ3n) is 5.12. The van der Waals surface area contributed by atoms with Gasteiger partial charge in [0.25, 0.3) is 0 Å². The van der Waals surface area contributed by atoms with Crippen LogP contribution in [-0.4, -0.2) is 48.0 Å². The van der Waals surface area contributed by atoms with Gasteiger partial charge in [-0.05, 0) is 30.5 Å². The predicted octanol–water partition coefficient (Wildman–Crippen LogP) is 2.36. The average Bonchev–Trinajstić information content (AvgIpc) is 2.66. The third kappa shape index (κ3) is 4.99. The van der Waals surface area contributed by atoms with E-state index in [9.17, 15) is 19.5 Å². The molecule has 148 valence electrons. The Balaban J connectivity index is 2.23. The largest absolute Gasteiger partial charge is 0.497 e. The number of aliphatic carboxylic acids is 1. The van der Waals surface area contributed by atoms with Crippen LogP contribution in [0.5, 0.6) is 5.75 Å². The monoisotopic (exact) mass is 376 g/mol. The number of amides is 2. The van der Waals surface area contributed by atoms with Gasteiger partial charge in [0, 0.05) is 13.5 Å². The minimum atomic E-state index is -1.03. The zero-order valence-electron chi connectivity index (χ0n) is 16.1. The molecule has 1 fully saturated rings. The van der Waals surface area contributed by atoms with Gasteiger partial charge in [-0.3, -0.25) is 9.59 Å². The molecule has 1 saturated heterocycles. The van der Waals surface area contributed by atoms with Crippen molar-refractivity contribution in [3.63, 3.8) is 0 Å². The standard InChI is InChI=1S/C20H28N2O5/c1-4-5-6-16(20(25)26)21-19(24)15-11-12-17(23)22(2)18(15)13-7-9-14(27-3)10-8-13/h7-10,15-16,18H,4-6,11-12H2,1-3H3,(H,21,24)(H,25,26). The van der Waals surface area contributed by atoms with Crippen molar-refractivity contribution in [1.82, 2.24) is 10.2 Å². The van der Waals surface area contributed by atoms with Crippen LogP contribution in [0.15, 0.2) is 24.3 Å². The van der Waals surface area contributed by atoms with Crippen LogP contribution in [0.3, 0.4) is 0 Å². The number of ether oxygens (including phenoxy) is 1. The van der Waals surface area contributed by atoms with E-state index in [4.69, 9.17) is 4.74 Å². The molecular formula is C20H28N2O5. The topological polar surface area (TPSA) is 95.9 Å². The number of carboxylic acid groups (broad SMARTS) is 1. The molecule has 7 heteroatoms. The van der Waals surface area contributed by atoms with Gasteiger partial charge in [0.15, 0.2) is 0 Å². The molecule has 2 amide bonds. The van der Waals surface area contributed by atoms with Gasteiger partial charge < -0.3 is 20.1 Å². The van der Waals surface area contributed by atoms with Crippen LogP contribution in [0, 0.1) is 5.92 Å². The number of nitrogens with zero attached hydrogens (tertiary/aromatic N) is 1. The van der Waals surface area contributed by atoms with Crippen LogP contribution in [0.1, 0.15) is 50.6 Å². The fraction of sp³-hybridized carbons (Fsp3) is 0.550. The highest BCUT2D eigenvalue weighted by atomic mass is 16.5. The van der Waals surface area contributed by atoms with E-state index in [1.165, 1.54) is 0 Å². The smallest absolute Gasteiger partial charge is 0.326 e. The number of carboxylic acids is 1. The Morgan fingerprint density at radius 2 is 2.00 bits per heavy atom. The number of piperidine rings is 1. The molecule has 0 aliphatic carbocycles. The highest BCUT2D eigenvalue weighted by molar-refractivity contribution is 5.88. The minimum Gasteiger partial charge on any atom is -0.497 e. The fourth-order valence-corrected chi connectivity index (χ4v) is 3.51. The van der Waals surface area contributed by atoms with E-state index in [1.54, 1.807) is 31.2 Å². The number of nitrogens with one attached hydrogen (secondary N) is 1. The number of carbonyl (C=O) groups is 3. The van der Waals surface area contributed by atoms with E-state index in [0.717, 1.165) is 18.4 Å². The Hall–Kier alpha value is -2.57. The van der Waals surface area contributed by atoms with Gasteiger partial charge in [0.2, 0.25) is 11.8 Å². The Labute approximate surface area is 159 Å². The summed E-state index contributed by atoms with van der Waals surface area (Å²) in [5.41, 5.74) is 0.826. The van der Waals surface area contributed by atoms with Crippen molar-refractivity contribution >= 4 is 17.8 Å². The number of benzene rings is 1. The second kappa shape index (κ2) is 9.39. The molecule has 27 heavy (non-hydrogen) atoms. The molecule has 0 saturated carbocycles. The second-order valence-electron chi connectivity index (χ2n) is 6.91. The SMILES string of the molecule is CCCCC(NC(=O)C1CCC(=O)N(C)C1c1ccc(OC)cc1)C(=O)O. The van der Waals surface area contributed by atoms with E-state index in [1.807, 2.05) is 19.1 Å². The highest BCUT2D eigenvalue weighted by Crippen LogP contribution is 2.36. The molecule has 0 bridgehead atoms. The van der Waals surface area contributed by atoms with Crippen LogP contribution < -0.4 is 10.1 Å². The minimum absolute atomic E-state index is 0.0272. The van der Waals surface area contributed by atoms with Crippen LogP contribution in [0.4, 0.5) is 0 Å². The number of rotatable bonds is 8. The summed E-state index contributed by atoms with van der Waals surface area (Å²) in [6.07, 6.45) is 2.64. The molecule has 0 aromatic heterocycles. The molecule has 2 rings (SSSR count). The normalized spacial score (nSPS) is 20.9. The lowest BCUT2D eigenvalue weighted by Crippen LogP contribution is -2.50. The van der Waals surface area contributed by atoms with Gasteiger partial charge in [-0.15, -0.1) is 0 Å². The summed E-state index contributed by atoms with van der Waals surface area (Å²) in [5.74, 6) is -1.18. The zero-order chi connectivity index (χ0) is 20.0. The predicted molar refractivity (Wildman–Crippen MR) is 100 cm³/mol. The lowest BCUT2D eigenvalue weighted by Gasteiger charge is -2.39. The van der Waals surface area contributed by atoms with Crippen molar-refractivity contribution in [3.8, 4) is 5.75 Å². The van der Waals surface area contributed by atoms with E-state index < -0.39 is 24.0 Å². The van der Waals surface area contributed by atoms with Crippen molar-refractivity contribution in [1.29, 1.82) is 0 Å². The quantitative estimate of drug-likeness (QED) is 0.726. The van der Waals surface area contributed by atoms with E-state index in [0.29, 0.717) is 18.6 Å². The lowest BCUT2D eigenvalue weighted by atomic mass is 9.83. The Kier molecular flexibility index (Phi) is 7.21. The van der Waals surface area contributed by atoms with Crippen molar-refractivity contribution < 1.29 is 24.2 Å². The number of hydrogen-bond donors (Lipinski definition) is 2. The summed E-state index contributed by atoms with van der Waals surface area (Å²) >= 11 is 0. The Morgan fingerprint density at radius 3 is 2.56 bits per heavy atom. The summed E-state index contributed by atoms with van der Waals surface area (Å²) in [6.45, 7) is 1.97. The molecule has 3 unspecified atom stereocenters. The molecule has 1 aliphatic heterocycles. The molecule has 1 aromatic carbocycles. The first kappa shape index (κ1) is 20.7. The molecule has 0 radical (unpaired) electrons. The first-order valence-corrected chi connectivity index (χ1v) is 9.31. The summed E-state index contributed by atoms with van der Waals surface area (Å²) < 4.78 is 5.17. The maximum absolute atomic E-state index is 12.9. The van der Waals surface area contributed by atoms with Gasteiger partial charge in [0.05, 0.1) is 19.1 Å². The number of unbranched alkanes of at least 4 members (excludes halogenated alkanes) is 1. The van der Waals surface area contributed by atoms with Gasteiger partial charge >= 0.3 is 5.97 Å². The second-order valence-corrected chi connectivity index (χ2v) is 6.91. The van der Waals surface area contributed by atoms with Gasteiger partial charge in [-0.2, -0.15) is 0 Å². The Morgan fingerprint density at radius 1 is 1.33 bits per heavy atom. The first-order valence-electron chi connectivity index (χ1n) is 9.31. The molecule has 7 nitrogen and oxygen atoms in total. The molecular weight excluding hydrogens is 348 g/mol. The van der Waals surface area contributed by atoms with Crippen molar-refractivity contribution in [2.45, 2.75) is 51.1 Å². The first-order chi connectivity index (χ1) is 12.9. The van der Waals surface area contributed by atoms with Gasteiger partial charge in [-0.1, -0.05) is 31.9 Å². The van der Waals surface area contributed by atoms with E-state index in [2.05, 4.69) is 5.32 Å². The van der Waals surface area contributed by atoms with Crippen LogP contribution in [0.25, 0.3) is 0 Å². The number of hydrogen-bond acceptors (Lipinski definition) is 4. The van der Waals surface area contributed by atoms with Gasteiger partial charge in [-0.25, -0.2) is 4.79 Å². The summed E-state index contributed by atoms with van der Waals surface area (Å²) in [7, 11) is 3.26. The van der Waals surface area contributed by atoms with Crippen molar-refractivity contribution in [2.75, 3.05) is 14.2 Å². The maximum Gasteiger partial charge on any atom is 0.326 e. The van der Waals surface area contributed by atoms with Crippen molar-refractivity contribution in [2.24, 2.45) is 5.92 Å². The zero-order valence-corrected chi connectivity index (χ0v) is 16.1.